The number of unbranched alkanes of at least 4 members (excludes halogenated alkanes) is 24. The van der Waals surface area contributed by atoms with Crippen LogP contribution in [0.2, 0.25) is 0 Å². The van der Waals surface area contributed by atoms with E-state index in [0.717, 1.165) is 58.3 Å². The summed E-state index contributed by atoms with van der Waals surface area (Å²) in [4.78, 5) is 15.0. The summed E-state index contributed by atoms with van der Waals surface area (Å²) in [5.41, 5.74) is 0. The molecule has 5 nitrogen and oxygen atoms in total. The first-order valence-corrected chi connectivity index (χ1v) is 24.0. The monoisotopic (exact) mass is 762 g/mol. The molecule has 5 heteroatoms. The van der Waals surface area contributed by atoms with Crippen LogP contribution in [0.4, 0.5) is 0 Å². The van der Waals surface area contributed by atoms with Gasteiger partial charge in [0.05, 0.1) is 6.61 Å². The fourth-order valence-corrected chi connectivity index (χ4v) is 7.08. The molecule has 0 aliphatic heterocycles. The van der Waals surface area contributed by atoms with Crippen LogP contribution < -0.4 is 0 Å². The first-order chi connectivity index (χ1) is 26.7. The SMILES string of the molecule is CCCCCCCCC=CCCCCCCCCOCC(COC(=O)CCCN(CCC)CCC)OCCCCCCCCC=CCCCCCCCC. The zero-order valence-corrected chi connectivity index (χ0v) is 37.0. The molecule has 0 bridgehead atoms. The summed E-state index contributed by atoms with van der Waals surface area (Å²) in [6.45, 7) is 14.4. The van der Waals surface area contributed by atoms with Gasteiger partial charge in [-0.1, -0.05) is 168 Å². The Morgan fingerprint density at radius 1 is 0.444 bits per heavy atom. The van der Waals surface area contributed by atoms with E-state index >= 15 is 0 Å². The van der Waals surface area contributed by atoms with E-state index in [1.807, 2.05) is 0 Å². The predicted molar refractivity (Wildman–Crippen MR) is 237 cm³/mol. The van der Waals surface area contributed by atoms with Crippen molar-refractivity contribution in [2.75, 3.05) is 46.1 Å². The zero-order chi connectivity index (χ0) is 39.3. The smallest absolute Gasteiger partial charge is 0.305 e. The maximum Gasteiger partial charge on any atom is 0.305 e. The van der Waals surface area contributed by atoms with Crippen LogP contribution in [0.1, 0.15) is 233 Å². The van der Waals surface area contributed by atoms with Gasteiger partial charge in [-0.15, -0.1) is 0 Å². The number of hydrogen-bond donors (Lipinski definition) is 0. The van der Waals surface area contributed by atoms with Crippen molar-refractivity contribution >= 4 is 5.97 Å². The highest BCUT2D eigenvalue weighted by Gasteiger charge is 2.14. The van der Waals surface area contributed by atoms with E-state index in [1.54, 1.807) is 0 Å². The summed E-state index contributed by atoms with van der Waals surface area (Å²) in [5, 5.41) is 0. The van der Waals surface area contributed by atoms with E-state index in [-0.39, 0.29) is 12.1 Å². The zero-order valence-electron chi connectivity index (χ0n) is 37.0. The normalized spacial score (nSPS) is 12.5. The number of allylic oxidation sites excluding steroid dienone is 4. The number of carbonyl (C=O) groups excluding carboxylic acids is 1. The molecule has 0 aromatic heterocycles. The van der Waals surface area contributed by atoms with E-state index in [1.165, 1.54) is 167 Å². The molecular formula is C49H95NO4. The summed E-state index contributed by atoms with van der Waals surface area (Å²) < 4.78 is 18.0. The highest BCUT2D eigenvalue weighted by Crippen LogP contribution is 2.13. The molecule has 0 aliphatic rings. The standard InChI is InChI=1S/C49H95NO4/c1-5-9-11-13-15-17-19-21-23-25-27-29-31-33-35-37-44-52-46-48(47-54-49(51)40-39-43-50(41-7-3)42-8-4)53-45-38-36-34-32-30-28-26-24-22-20-18-16-14-12-10-6-2/h21-24,48H,5-20,25-47H2,1-4H3. The molecule has 0 fully saturated rings. The van der Waals surface area contributed by atoms with Crippen molar-refractivity contribution in [1.29, 1.82) is 0 Å². The fraction of sp³-hybridized carbons (Fsp3) is 0.898. The quantitative estimate of drug-likeness (QED) is 0.0351. The molecule has 54 heavy (non-hydrogen) atoms. The second-order valence-electron chi connectivity index (χ2n) is 16.1. The number of rotatable bonds is 45. The van der Waals surface area contributed by atoms with Gasteiger partial charge in [-0.25, -0.2) is 0 Å². The Kier molecular flexibility index (Phi) is 45.2. The molecule has 0 aromatic rings. The summed E-state index contributed by atoms with van der Waals surface area (Å²) in [6, 6.07) is 0. The molecule has 0 aliphatic carbocycles. The highest BCUT2D eigenvalue weighted by atomic mass is 16.6. The second-order valence-corrected chi connectivity index (χ2v) is 16.1. The van der Waals surface area contributed by atoms with E-state index in [2.05, 4.69) is 56.9 Å². The lowest BCUT2D eigenvalue weighted by Gasteiger charge is -2.21. The maximum absolute atomic E-state index is 12.6. The molecule has 1 atom stereocenters. The summed E-state index contributed by atoms with van der Waals surface area (Å²) in [6.07, 6.45) is 49.6. The van der Waals surface area contributed by atoms with Crippen molar-refractivity contribution in [2.24, 2.45) is 0 Å². The number of carbonyl (C=O) groups is 1. The Labute approximate surface area is 338 Å². The van der Waals surface area contributed by atoms with Gasteiger partial charge in [-0.05, 0) is 103 Å². The lowest BCUT2D eigenvalue weighted by atomic mass is 10.1. The molecule has 0 spiro atoms. The summed E-state index contributed by atoms with van der Waals surface area (Å²) in [7, 11) is 0. The molecule has 0 radical (unpaired) electrons. The molecule has 1 unspecified atom stereocenters. The minimum atomic E-state index is -0.178. The summed E-state index contributed by atoms with van der Waals surface area (Å²) in [5.74, 6) is -0.109. The van der Waals surface area contributed by atoms with E-state index < -0.39 is 0 Å². The van der Waals surface area contributed by atoms with Crippen LogP contribution in [0.5, 0.6) is 0 Å². The van der Waals surface area contributed by atoms with Gasteiger partial charge in [0.1, 0.15) is 12.7 Å². The van der Waals surface area contributed by atoms with Gasteiger partial charge in [0.15, 0.2) is 0 Å². The van der Waals surface area contributed by atoms with Crippen LogP contribution >= 0.6 is 0 Å². The largest absolute Gasteiger partial charge is 0.463 e. The lowest BCUT2D eigenvalue weighted by Crippen LogP contribution is -2.29. The molecule has 0 aromatic carbocycles. The van der Waals surface area contributed by atoms with Gasteiger partial charge in [0.2, 0.25) is 0 Å². The molecule has 0 N–H and O–H groups in total. The predicted octanol–water partition coefficient (Wildman–Crippen LogP) is 14.9. The van der Waals surface area contributed by atoms with Gasteiger partial charge >= 0.3 is 5.97 Å². The average molecular weight is 762 g/mol. The molecule has 0 saturated heterocycles. The first kappa shape index (κ1) is 52.8. The van der Waals surface area contributed by atoms with E-state index in [4.69, 9.17) is 14.2 Å². The van der Waals surface area contributed by atoms with E-state index in [9.17, 15) is 4.79 Å². The lowest BCUT2D eigenvalue weighted by molar-refractivity contribution is -0.150. The molecule has 0 heterocycles. The Morgan fingerprint density at radius 3 is 1.30 bits per heavy atom. The number of nitrogens with zero attached hydrogens (tertiary/aromatic N) is 1. The number of ether oxygens (including phenoxy) is 3. The van der Waals surface area contributed by atoms with Gasteiger partial charge in [-0.2, -0.15) is 0 Å². The molecule has 320 valence electrons. The Bertz CT molecular complexity index is 778. The van der Waals surface area contributed by atoms with Crippen LogP contribution in [0.3, 0.4) is 0 Å². The van der Waals surface area contributed by atoms with Gasteiger partial charge in [0.25, 0.3) is 0 Å². The minimum absolute atomic E-state index is 0.109. The van der Waals surface area contributed by atoms with E-state index in [0.29, 0.717) is 26.2 Å². The van der Waals surface area contributed by atoms with Crippen LogP contribution in [0.15, 0.2) is 24.3 Å². The average Bonchev–Trinajstić information content (AvgIpc) is 3.17. The maximum atomic E-state index is 12.6. The van der Waals surface area contributed by atoms with Crippen LogP contribution in [-0.4, -0.2) is 63.0 Å². The van der Waals surface area contributed by atoms with Crippen molar-refractivity contribution in [3.8, 4) is 0 Å². The third-order valence-electron chi connectivity index (χ3n) is 10.5. The van der Waals surface area contributed by atoms with Crippen molar-refractivity contribution in [1.82, 2.24) is 4.90 Å². The molecule has 0 amide bonds. The highest BCUT2D eigenvalue weighted by molar-refractivity contribution is 5.69. The van der Waals surface area contributed by atoms with Crippen LogP contribution in [0.25, 0.3) is 0 Å². The van der Waals surface area contributed by atoms with Gasteiger partial charge in [-0.3, -0.25) is 4.79 Å². The minimum Gasteiger partial charge on any atom is -0.463 e. The number of hydrogen-bond acceptors (Lipinski definition) is 5. The summed E-state index contributed by atoms with van der Waals surface area (Å²) >= 11 is 0. The molecule has 0 rings (SSSR count). The fourth-order valence-electron chi connectivity index (χ4n) is 7.08. The Hall–Kier alpha value is -1.17. The molecular weight excluding hydrogens is 667 g/mol. The topological polar surface area (TPSA) is 48.0 Å². The third-order valence-corrected chi connectivity index (χ3v) is 10.5. The third kappa shape index (κ3) is 42.0. The van der Waals surface area contributed by atoms with Crippen molar-refractivity contribution in [3.05, 3.63) is 24.3 Å². The van der Waals surface area contributed by atoms with Crippen molar-refractivity contribution in [2.45, 2.75) is 239 Å². The van der Waals surface area contributed by atoms with Crippen LogP contribution in [0, 0.1) is 0 Å². The van der Waals surface area contributed by atoms with Gasteiger partial charge in [0, 0.05) is 19.6 Å². The molecule has 0 saturated carbocycles. The first-order valence-electron chi connectivity index (χ1n) is 24.0. The Morgan fingerprint density at radius 2 is 0.852 bits per heavy atom. The van der Waals surface area contributed by atoms with Crippen LogP contribution in [-0.2, 0) is 19.0 Å². The Balaban J connectivity index is 4.15. The number of esters is 1. The van der Waals surface area contributed by atoms with Crippen molar-refractivity contribution < 1.29 is 19.0 Å². The second kappa shape index (κ2) is 46.2. The van der Waals surface area contributed by atoms with Gasteiger partial charge < -0.3 is 19.1 Å². The van der Waals surface area contributed by atoms with Crippen molar-refractivity contribution in [3.63, 3.8) is 0 Å².